The second kappa shape index (κ2) is 11.4. The fraction of sp³-hybridized carbons (Fsp3) is 0.423. The molecule has 5 rings (SSSR count). The van der Waals surface area contributed by atoms with Gasteiger partial charge in [0.15, 0.2) is 18.2 Å². The molecule has 2 saturated heterocycles. The second-order valence-electron chi connectivity index (χ2n) is 9.65. The van der Waals surface area contributed by atoms with Gasteiger partial charge in [-0.05, 0) is 24.3 Å². The molecule has 0 radical (unpaired) electrons. The third kappa shape index (κ3) is 5.42. The van der Waals surface area contributed by atoms with E-state index >= 15 is 0 Å². The van der Waals surface area contributed by atoms with Crippen LogP contribution in [0.2, 0.25) is 0 Å². The molecule has 0 amide bonds. The Kier molecular flexibility index (Phi) is 8.06. The number of fused-ring (bicyclic) bond motifs is 1. The summed E-state index contributed by atoms with van der Waals surface area (Å²) in [4.78, 5) is 13.7. The highest BCUT2D eigenvalue weighted by atomic mass is 16.8. The average Bonchev–Trinajstić information content (AvgIpc) is 2.93. The van der Waals surface area contributed by atoms with Crippen LogP contribution in [-0.2, 0) is 14.2 Å². The van der Waals surface area contributed by atoms with Crippen LogP contribution in [0.4, 0.5) is 0 Å². The van der Waals surface area contributed by atoms with Gasteiger partial charge in [-0.15, -0.1) is 0 Å². The van der Waals surface area contributed by atoms with Gasteiger partial charge in [0.2, 0.25) is 17.5 Å². The van der Waals surface area contributed by atoms with Crippen molar-refractivity contribution in [3.8, 4) is 34.3 Å². The Bertz CT molecular complexity index is 1440. The molecule has 9 N–H and O–H groups in total. The molecule has 1 aromatic heterocycles. The van der Waals surface area contributed by atoms with Crippen molar-refractivity contribution < 1.29 is 69.3 Å². The van der Waals surface area contributed by atoms with Crippen LogP contribution in [0.1, 0.15) is 0 Å². The van der Waals surface area contributed by atoms with Gasteiger partial charge < -0.3 is 69.3 Å². The van der Waals surface area contributed by atoms with E-state index in [1.807, 2.05) is 0 Å². The van der Waals surface area contributed by atoms with Gasteiger partial charge in [0.05, 0.1) is 13.2 Å². The maximum atomic E-state index is 13.7. The zero-order valence-electron chi connectivity index (χ0n) is 21.0. The minimum Gasteiger partial charge on any atom is -0.508 e. The van der Waals surface area contributed by atoms with E-state index < -0.39 is 96.6 Å². The van der Waals surface area contributed by atoms with Crippen molar-refractivity contribution in [2.45, 2.75) is 55.3 Å². The van der Waals surface area contributed by atoms with Crippen LogP contribution < -0.4 is 10.2 Å². The first-order valence-corrected chi connectivity index (χ1v) is 12.4. The number of aliphatic hydroxyl groups is 6. The number of hydrogen-bond donors (Lipinski definition) is 9. The average molecular weight is 580 g/mol. The van der Waals surface area contributed by atoms with Crippen LogP contribution in [0.15, 0.2) is 45.6 Å². The van der Waals surface area contributed by atoms with Crippen molar-refractivity contribution in [3.63, 3.8) is 0 Å². The molecule has 15 nitrogen and oxygen atoms in total. The SMILES string of the molecule is O=c1c(O[C@@H]2O[C@H](CO)[C@@H](O)[C@H](O)[C@H]2O[C@H]2OC[C@@H](O)[C@H](O)[C@H]2O)c(-c2ccc(O)cc2)oc2cc(O)cc(O)c12. The fourth-order valence-corrected chi connectivity index (χ4v) is 4.64. The van der Waals surface area contributed by atoms with Crippen molar-refractivity contribution in [1.82, 2.24) is 0 Å². The van der Waals surface area contributed by atoms with Gasteiger partial charge in [0, 0.05) is 17.7 Å². The van der Waals surface area contributed by atoms with Gasteiger partial charge in [-0.25, -0.2) is 0 Å². The highest BCUT2D eigenvalue weighted by Crippen LogP contribution is 2.38. The molecule has 3 heterocycles. The number of aliphatic hydroxyl groups excluding tert-OH is 6. The lowest BCUT2D eigenvalue weighted by Crippen LogP contribution is -2.64. The Morgan fingerprint density at radius 2 is 1.56 bits per heavy atom. The van der Waals surface area contributed by atoms with Gasteiger partial charge in [-0.3, -0.25) is 4.79 Å². The monoisotopic (exact) mass is 580 g/mol. The summed E-state index contributed by atoms with van der Waals surface area (Å²) in [5.74, 6) is -2.02. The summed E-state index contributed by atoms with van der Waals surface area (Å²) in [6.45, 7) is -1.25. The Hall–Kier alpha value is -3.51. The van der Waals surface area contributed by atoms with E-state index in [4.69, 9.17) is 23.4 Å². The predicted octanol–water partition coefficient (Wildman–Crippen LogP) is -1.78. The Balaban J connectivity index is 1.60. The fourth-order valence-electron chi connectivity index (χ4n) is 4.64. The molecule has 0 saturated carbocycles. The third-order valence-electron chi connectivity index (χ3n) is 6.85. The van der Waals surface area contributed by atoms with E-state index in [2.05, 4.69) is 0 Å². The summed E-state index contributed by atoms with van der Waals surface area (Å²) in [5.41, 5.74) is -0.992. The van der Waals surface area contributed by atoms with Crippen molar-refractivity contribution >= 4 is 11.0 Å². The van der Waals surface area contributed by atoms with Gasteiger partial charge in [0.25, 0.3) is 0 Å². The minimum atomic E-state index is -1.86. The first kappa shape index (κ1) is 29.0. The summed E-state index contributed by atoms with van der Waals surface area (Å²) in [6.07, 6.45) is -15.1. The van der Waals surface area contributed by atoms with Crippen LogP contribution in [0.25, 0.3) is 22.3 Å². The Morgan fingerprint density at radius 1 is 0.854 bits per heavy atom. The van der Waals surface area contributed by atoms with Crippen LogP contribution in [0.3, 0.4) is 0 Å². The van der Waals surface area contributed by atoms with Crippen LogP contribution >= 0.6 is 0 Å². The zero-order valence-corrected chi connectivity index (χ0v) is 21.0. The van der Waals surface area contributed by atoms with Crippen molar-refractivity contribution in [2.75, 3.05) is 13.2 Å². The minimum absolute atomic E-state index is 0.111. The number of phenols is 3. The maximum absolute atomic E-state index is 13.7. The summed E-state index contributed by atoms with van der Waals surface area (Å²) in [6, 6.07) is 7.30. The molecule has 2 fully saturated rings. The molecule has 0 unspecified atom stereocenters. The number of hydrogen-bond acceptors (Lipinski definition) is 15. The van der Waals surface area contributed by atoms with Crippen LogP contribution in [0.5, 0.6) is 23.0 Å². The third-order valence-corrected chi connectivity index (χ3v) is 6.85. The predicted molar refractivity (Wildman–Crippen MR) is 134 cm³/mol. The molecule has 0 spiro atoms. The van der Waals surface area contributed by atoms with Crippen molar-refractivity contribution in [3.05, 3.63) is 46.6 Å². The van der Waals surface area contributed by atoms with E-state index in [0.29, 0.717) is 0 Å². The molecule has 15 heteroatoms. The molecule has 2 aliphatic rings. The molecule has 222 valence electrons. The highest BCUT2D eigenvalue weighted by molar-refractivity contribution is 5.88. The molecule has 2 aromatic carbocycles. The standard InChI is InChI=1S/C26H28O15/c27-7-15-18(33)20(35)24(41-25-21(36)17(32)13(31)8-37-25)26(39-15)40-23-19(34)16-12(30)5-11(29)6-14(16)38-22(23)9-1-3-10(28)4-2-9/h1-6,13,15,17-18,20-21,24-33,35-36H,7-8H2/t13-,15-,17+,18-,20+,21-,24-,25-,26+/m1/s1. The topological polar surface area (TPSA) is 249 Å². The lowest BCUT2D eigenvalue weighted by Gasteiger charge is -2.44. The summed E-state index contributed by atoms with van der Waals surface area (Å²) in [7, 11) is 0. The molecule has 3 aromatic rings. The van der Waals surface area contributed by atoms with E-state index in [1.165, 1.54) is 24.3 Å². The second-order valence-corrected chi connectivity index (χ2v) is 9.65. The van der Waals surface area contributed by atoms with Crippen LogP contribution in [-0.4, -0.2) is 114 Å². The van der Waals surface area contributed by atoms with Crippen molar-refractivity contribution in [2.24, 2.45) is 0 Å². The Labute approximate surface area is 230 Å². The quantitative estimate of drug-likeness (QED) is 0.156. The zero-order chi connectivity index (χ0) is 29.6. The van der Waals surface area contributed by atoms with Gasteiger partial charge in [-0.2, -0.15) is 0 Å². The molecule has 2 aliphatic heterocycles. The lowest BCUT2D eigenvalue weighted by molar-refractivity contribution is -0.345. The van der Waals surface area contributed by atoms with E-state index in [-0.39, 0.29) is 22.7 Å². The molecular formula is C26H28O15. The number of rotatable bonds is 6. The number of phenolic OH excluding ortho intramolecular Hbond substituents is 3. The normalized spacial score (nSPS) is 32.2. The van der Waals surface area contributed by atoms with Crippen molar-refractivity contribution in [1.29, 1.82) is 0 Å². The van der Waals surface area contributed by atoms with Gasteiger partial charge in [-0.1, -0.05) is 0 Å². The van der Waals surface area contributed by atoms with E-state index in [9.17, 15) is 50.8 Å². The molecular weight excluding hydrogens is 552 g/mol. The smallest absolute Gasteiger partial charge is 0.239 e. The molecule has 0 aliphatic carbocycles. The Morgan fingerprint density at radius 3 is 2.24 bits per heavy atom. The number of aromatic hydroxyl groups is 3. The lowest BCUT2D eigenvalue weighted by atomic mass is 9.98. The van der Waals surface area contributed by atoms with Gasteiger partial charge in [0.1, 0.15) is 64.8 Å². The largest absolute Gasteiger partial charge is 0.508 e. The van der Waals surface area contributed by atoms with Gasteiger partial charge >= 0.3 is 0 Å². The number of ether oxygens (including phenoxy) is 4. The number of benzene rings is 2. The summed E-state index contributed by atoms with van der Waals surface area (Å²) >= 11 is 0. The summed E-state index contributed by atoms with van der Waals surface area (Å²) < 4.78 is 28.1. The van der Waals surface area contributed by atoms with E-state index in [0.717, 1.165) is 12.1 Å². The molecule has 0 bridgehead atoms. The van der Waals surface area contributed by atoms with Crippen LogP contribution in [0, 0.1) is 0 Å². The first-order chi connectivity index (χ1) is 19.5. The summed E-state index contributed by atoms with van der Waals surface area (Å²) in [5, 5.41) is 90.8. The maximum Gasteiger partial charge on any atom is 0.239 e. The van der Waals surface area contributed by atoms with E-state index in [1.54, 1.807) is 0 Å². The molecule has 41 heavy (non-hydrogen) atoms. The molecule has 9 atom stereocenters. The highest BCUT2D eigenvalue weighted by Gasteiger charge is 2.50. The first-order valence-electron chi connectivity index (χ1n) is 12.4.